The van der Waals surface area contributed by atoms with Crippen LogP contribution in [0.4, 0.5) is 10.5 Å². The molecule has 1 aromatic heterocycles. The van der Waals surface area contributed by atoms with Crippen LogP contribution >= 0.6 is 11.6 Å². The summed E-state index contributed by atoms with van der Waals surface area (Å²) < 4.78 is 16.4. The van der Waals surface area contributed by atoms with Crippen molar-refractivity contribution in [2.75, 3.05) is 31.2 Å². The summed E-state index contributed by atoms with van der Waals surface area (Å²) in [5.74, 6) is 0.105. The second kappa shape index (κ2) is 9.98. The van der Waals surface area contributed by atoms with E-state index in [0.717, 1.165) is 0 Å². The molecule has 1 unspecified atom stereocenters. The van der Waals surface area contributed by atoms with Gasteiger partial charge >= 0.3 is 6.09 Å². The lowest BCUT2D eigenvalue weighted by molar-refractivity contribution is -0.0168. The molecule has 0 bridgehead atoms. The van der Waals surface area contributed by atoms with Gasteiger partial charge in [-0.05, 0) is 51.1 Å². The normalized spacial score (nSPS) is 16.2. The minimum Gasteiger partial charge on any atom is -0.475 e. The number of carbonyl (C=O) groups excluding carboxylic acids is 2. The van der Waals surface area contributed by atoms with Crippen molar-refractivity contribution >= 4 is 29.3 Å². The summed E-state index contributed by atoms with van der Waals surface area (Å²) in [4.78, 5) is 30.1. The molecule has 1 aromatic carbocycles. The maximum atomic E-state index is 12.4. The second-order valence-electron chi connectivity index (χ2n) is 8.00. The van der Waals surface area contributed by atoms with Gasteiger partial charge in [0.25, 0.3) is 5.91 Å². The molecule has 0 saturated carbocycles. The number of pyridine rings is 1. The number of aromatic nitrogens is 1. The number of anilines is 1. The summed E-state index contributed by atoms with van der Waals surface area (Å²) in [6, 6.07) is 10.2. The molecular weight excluding hydrogens is 422 g/mol. The number of rotatable bonds is 8. The van der Waals surface area contributed by atoms with E-state index in [9.17, 15) is 9.59 Å². The van der Waals surface area contributed by atoms with Gasteiger partial charge in [0.15, 0.2) is 0 Å². The summed E-state index contributed by atoms with van der Waals surface area (Å²) in [5.41, 5.74) is 0.853. The Morgan fingerprint density at radius 1 is 1.23 bits per heavy atom. The van der Waals surface area contributed by atoms with Crippen molar-refractivity contribution in [1.82, 2.24) is 10.3 Å². The highest BCUT2D eigenvalue weighted by Crippen LogP contribution is 2.23. The van der Waals surface area contributed by atoms with Gasteiger partial charge in [0, 0.05) is 23.0 Å². The molecule has 31 heavy (non-hydrogen) atoms. The van der Waals surface area contributed by atoms with E-state index in [0.29, 0.717) is 41.9 Å². The largest absolute Gasteiger partial charge is 0.475 e. The number of nitrogens with one attached hydrogen (secondary N) is 1. The number of carbonyl (C=O) groups is 2. The number of ether oxygens (including phenoxy) is 3. The van der Waals surface area contributed by atoms with Crippen molar-refractivity contribution in [1.29, 1.82) is 0 Å². The van der Waals surface area contributed by atoms with Crippen LogP contribution in [-0.2, 0) is 9.47 Å². The molecular formula is C22H26ClN3O5. The molecule has 0 radical (unpaired) electrons. The molecule has 8 nitrogen and oxygen atoms in total. The summed E-state index contributed by atoms with van der Waals surface area (Å²) in [6.07, 6.45) is 0.529. The zero-order chi connectivity index (χ0) is 22.4. The number of nitrogens with zero attached hydrogens (tertiary/aromatic N) is 2. The number of benzene rings is 1. The highest BCUT2D eigenvalue weighted by atomic mass is 35.5. The van der Waals surface area contributed by atoms with Crippen LogP contribution in [0.25, 0.3) is 0 Å². The first-order valence-corrected chi connectivity index (χ1v) is 10.3. The maximum absolute atomic E-state index is 12.4. The van der Waals surface area contributed by atoms with Gasteiger partial charge in [0.05, 0.1) is 30.9 Å². The van der Waals surface area contributed by atoms with E-state index in [1.54, 1.807) is 36.4 Å². The molecule has 2 amide bonds. The van der Waals surface area contributed by atoms with Gasteiger partial charge in [-0.1, -0.05) is 11.6 Å². The molecule has 2 heterocycles. The molecule has 1 N–H and O–H groups in total. The lowest BCUT2D eigenvalue weighted by Gasteiger charge is -2.19. The average molecular weight is 448 g/mol. The second-order valence-corrected chi connectivity index (χ2v) is 8.43. The van der Waals surface area contributed by atoms with E-state index in [1.807, 2.05) is 20.8 Å². The third kappa shape index (κ3) is 6.83. The van der Waals surface area contributed by atoms with Crippen LogP contribution in [0.15, 0.2) is 42.6 Å². The van der Waals surface area contributed by atoms with E-state index in [-0.39, 0.29) is 18.1 Å². The number of hydrogen-bond acceptors (Lipinski definition) is 6. The standard InChI is InChI=1S/C22H26ClN3O5/c1-22(2,3)30-11-10-29-19-9-4-15(12-24-19)20(27)25-13-18-14-26(21(28)31-18)17-7-5-16(23)6-8-17/h4-9,12,18H,10-11,13-14H2,1-3H3,(H,25,27). The highest BCUT2D eigenvalue weighted by molar-refractivity contribution is 6.30. The summed E-state index contributed by atoms with van der Waals surface area (Å²) in [6.45, 7) is 7.26. The number of hydrogen-bond donors (Lipinski definition) is 1. The van der Waals surface area contributed by atoms with E-state index < -0.39 is 12.2 Å². The van der Waals surface area contributed by atoms with E-state index in [1.165, 1.54) is 11.1 Å². The fourth-order valence-corrected chi connectivity index (χ4v) is 2.99. The lowest BCUT2D eigenvalue weighted by Crippen LogP contribution is -2.34. The minimum atomic E-state index is -0.458. The first kappa shape index (κ1) is 22.8. The Kier molecular flexibility index (Phi) is 7.35. The maximum Gasteiger partial charge on any atom is 0.414 e. The molecule has 1 atom stereocenters. The molecule has 9 heteroatoms. The van der Waals surface area contributed by atoms with Crippen LogP contribution in [0.2, 0.25) is 5.02 Å². The molecule has 0 aliphatic carbocycles. The first-order valence-electron chi connectivity index (χ1n) is 9.96. The smallest absolute Gasteiger partial charge is 0.414 e. The molecule has 2 aromatic rings. The third-order valence-electron chi connectivity index (χ3n) is 4.37. The van der Waals surface area contributed by atoms with Crippen LogP contribution in [-0.4, -0.2) is 55.0 Å². The van der Waals surface area contributed by atoms with Crippen LogP contribution in [0.1, 0.15) is 31.1 Å². The quantitative estimate of drug-likeness (QED) is 0.621. The zero-order valence-electron chi connectivity index (χ0n) is 17.8. The predicted octanol–water partition coefficient (Wildman–Crippen LogP) is 3.68. The van der Waals surface area contributed by atoms with Gasteiger partial charge in [0.1, 0.15) is 12.7 Å². The van der Waals surface area contributed by atoms with Gasteiger partial charge in [-0.25, -0.2) is 9.78 Å². The van der Waals surface area contributed by atoms with Crippen molar-refractivity contribution in [2.45, 2.75) is 32.5 Å². The molecule has 0 spiro atoms. The topological polar surface area (TPSA) is 90.0 Å². The Hall–Kier alpha value is -2.84. The predicted molar refractivity (Wildman–Crippen MR) is 117 cm³/mol. The highest BCUT2D eigenvalue weighted by Gasteiger charge is 2.32. The Balaban J connectivity index is 1.44. The lowest BCUT2D eigenvalue weighted by atomic mass is 10.2. The monoisotopic (exact) mass is 447 g/mol. The van der Waals surface area contributed by atoms with Crippen molar-refractivity contribution in [3.05, 3.63) is 53.2 Å². The van der Waals surface area contributed by atoms with Crippen LogP contribution in [0.3, 0.4) is 0 Å². The zero-order valence-corrected chi connectivity index (χ0v) is 18.5. The Labute approximate surface area is 186 Å². The first-order chi connectivity index (χ1) is 14.7. The fraction of sp³-hybridized carbons (Fsp3) is 0.409. The van der Waals surface area contributed by atoms with Crippen molar-refractivity contribution < 1.29 is 23.8 Å². The van der Waals surface area contributed by atoms with E-state index in [2.05, 4.69) is 10.3 Å². The molecule has 1 aliphatic rings. The van der Waals surface area contributed by atoms with Crippen molar-refractivity contribution in [3.63, 3.8) is 0 Å². The van der Waals surface area contributed by atoms with E-state index in [4.69, 9.17) is 25.8 Å². The SMILES string of the molecule is CC(C)(C)OCCOc1ccc(C(=O)NCC2CN(c3ccc(Cl)cc3)C(=O)O2)cn1. The van der Waals surface area contributed by atoms with E-state index >= 15 is 0 Å². The number of amides is 2. The van der Waals surface area contributed by atoms with Crippen LogP contribution < -0.4 is 15.0 Å². The van der Waals surface area contributed by atoms with Crippen LogP contribution in [0, 0.1) is 0 Å². The van der Waals surface area contributed by atoms with Gasteiger partial charge in [-0.3, -0.25) is 9.69 Å². The average Bonchev–Trinajstić information content (AvgIpc) is 3.10. The Morgan fingerprint density at radius 3 is 2.61 bits per heavy atom. The summed E-state index contributed by atoms with van der Waals surface area (Å²) in [7, 11) is 0. The minimum absolute atomic E-state index is 0.192. The van der Waals surface area contributed by atoms with Crippen molar-refractivity contribution in [3.8, 4) is 5.88 Å². The fourth-order valence-electron chi connectivity index (χ4n) is 2.86. The van der Waals surface area contributed by atoms with Gasteiger partial charge in [-0.15, -0.1) is 0 Å². The summed E-state index contributed by atoms with van der Waals surface area (Å²) in [5, 5.41) is 3.35. The molecule has 166 valence electrons. The Morgan fingerprint density at radius 2 is 1.97 bits per heavy atom. The molecule has 3 rings (SSSR count). The molecule has 1 saturated heterocycles. The number of cyclic esters (lactones) is 1. The van der Waals surface area contributed by atoms with Crippen molar-refractivity contribution in [2.24, 2.45) is 0 Å². The molecule has 1 fully saturated rings. The Bertz CT molecular complexity index is 897. The third-order valence-corrected chi connectivity index (χ3v) is 4.62. The summed E-state index contributed by atoms with van der Waals surface area (Å²) >= 11 is 5.88. The number of halogens is 1. The van der Waals surface area contributed by atoms with Gasteiger partial charge < -0.3 is 19.5 Å². The van der Waals surface area contributed by atoms with Gasteiger partial charge in [0.2, 0.25) is 5.88 Å². The van der Waals surface area contributed by atoms with Gasteiger partial charge in [-0.2, -0.15) is 0 Å². The molecule has 1 aliphatic heterocycles. The van der Waals surface area contributed by atoms with Crippen LogP contribution in [0.5, 0.6) is 5.88 Å².